The van der Waals surface area contributed by atoms with Gasteiger partial charge in [-0.2, -0.15) is 5.10 Å². The minimum absolute atomic E-state index is 0.322. The molecule has 0 aliphatic heterocycles. The fourth-order valence-corrected chi connectivity index (χ4v) is 2.64. The van der Waals surface area contributed by atoms with Crippen molar-refractivity contribution in [2.24, 2.45) is 5.10 Å². The van der Waals surface area contributed by atoms with Gasteiger partial charge in [0.05, 0.1) is 11.7 Å². The van der Waals surface area contributed by atoms with Crippen molar-refractivity contribution in [3.05, 3.63) is 76.9 Å². The second kappa shape index (κ2) is 7.88. The molecule has 0 saturated carbocycles. The van der Waals surface area contributed by atoms with Crippen molar-refractivity contribution >= 4 is 34.6 Å². The molecule has 25 heavy (non-hydrogen) atoms. The minimum atomic E-state index is -0.733. The third-order valence-corrected chi connectivity index (χ3v) is 3.96. The van der Waals surface area contributed by atoms with Crippen LogP contribution >= 0.6 is 11.6 Å². The van der Waals surface area contributed by atoms with Crippen molar-refractivity contribution in [3.63, 3.8) is 0 Å². The SMILES string of the molecule is CO[C@@H](C(=O)N/N=C\c1cc2ccccc2nc1Cl)c1ccccc1. The van der Waals surface area contributed by atoms with Crippen LogP contribution in [0.3, 0.4) is 0 Å². The lowest BCUT2D eigenvalue weighted by molar-refractivity contribution is -0.131. The number of pyridine rings is 1. The van der Waals surface area contributed by atoms with E-state index < -0.39 is 6.10 Å². The molecule has 1 aromatic heterocycles. The van der Waals surface area contributed by atoms with Crippen molar-refractivity contribution in [1.29, 1.82) is 0 Å². The van der Waals surface area contributed by atoms with E-state index >= 15 is 0 Å². The number of ether oxygens (including phenoxy) is 1. The normalized spacial score (nSPS) is 12.4. The van der Waals surface area contributed by atoms with Gasteiger partial charge in [0.1, 0.15) is 5.15 Å². The third-order valence-electron chi connectivity index (χ3n) is 3.66. The number of hydrogen-bond acceptors (Lipinski definition) is 4. The lowest BCUT2D eigenvalue weighted by Crippen LogP contribution is -2.26. The van der Waals surface area contributed by atoms with Gasteiger partial charge in [-0.1, -0.05) is 60.1 Å². The Kier molecular flexibility index (Phi) is 5.38. The summed E-state index contributed by atoms with van der Waals surface area (Å²) in [6.07, 6.45) is 0.737. The second-order valence-corrected chi connectivity index (χ2v) is 5.68. The number of methoxy groups -OCH3 is 1. The molecule has 0 radical (unpaired) electrons. The summed E-state index contributed by atoms with van der Waals surface area (Å²) >= 11 is 6.16. The number of carbonyl (C=O) groups is 1. The van der Waals surface area contributed by atoms with Crippen molar-refractivity contribution in [1.82, 2.24) is 10.4 Å². The van der Waals surface area contributed by atoms with Crippen LogP contribution in [0, 0.1) is 0 Å². The molecule has 0 saturated heterocycles. The Labute approximate surface area is 150 Å². The van der Waals surface area contributed by atoms with Crippen LogP contribution in [0.4, 0.5) is 0 Å². The average Bonchev–Trinajstić information content (AvgIpc) is 2.63. The number of halogens is 1. The summed E-state index contributed by atoms with van der Waals surface area (Å²) in [6.45, 7) is 0. The number of hydrazone groups is 1. The molecule has 1 heterocycles. The molecule has 0 fully saturated rings. The van der Waals surface area contributed by atoms with Crippen molar-refractivity contribution in [2.75, 3.05) is 7.11 Å². The third kappa shape index (κ3) is 4.02. The predicted octanol–water partition coefficient (Wildman–Crippen LogP) is 3.73. The first-order chi connectivity index (χ1) is 12.2. The summed E-state index contributed by atoms with van der Waals surface area (Å²) in [5, 5.41) is 5.24. The van der Waals surface area contributed by atoms with Gasteiger partial charge in [0.15, 0.2) is 6.10 Å². The molecule has 0 aliphatic rings. The first-order valence-electron chi connectivity index (χ1n) is 7.65. The quantitative estimate of drug-likeness (QED) is 0.432. The largest absolute Gasteiger partial charge is 0.367 e. The first kappa shape index (κ1) is 17.1. The van der Waals surface area contributed by atoms with Gasteiger partial charge in [0.25, 0.3) is 5.91 Å². The van der Waals surface area contributed by atoms with Gasteiger partial charge in [-0.25, -0.2) is 10.4 Å². The van der Waals surface area contributed by atoms with Crippen LogP contribution < -0.4 is 5.43 Å². The monoisotopic (exact) mass is 353 g/mol. The first-order valence-corrected chi connectivity index (χ1v) is 8.03. The lowest BCUT2D eigenvalue weighted by atomic mass is 10.1. The topological polar surface area (TPSA) is 63.6 Å². The molecule has 126 valence electrons. The van der Waals surface area contributed by atoms with Gasteiger partial charge in [0, 0.05) is 18.1 Å². The highest BCUT2D eigenvalue weighted by atomic mass is 35.5. The summed E-state index contributed by atoms with van der Waals surface area (Å²) in [7, 11) is 1.48. The van der Waals surface area contributed by atoms with Crippen LogP contribution in [0.5, 0.6) is 0 Å². The molecule has 0 spiro atoms. The maximum atomic E-state index is 12.3. The van der Waals surface area contributed by atoms with Crippen LogP contribution in [-0.4, -0.2) is 24.2 Å². The van der Waals surface area contributed by atoms with Gasteiger partial charge in [-0.3, -0.25) is 4.79 Å². The molecule has 0 aliphatic carbocycles. The zero-order valence-electron chi connectivity index (χ0n) is 13.5. The highest BCUT2D eigenvalue weighted by Crippen LogP contribution is 2.19. The van der Waals surface area contributed by atoms with Gasteiger partial charge in [-0.05, 0) is 17.7 Å². The Morgan fingerprint density at radius 2 is 1.92 bits per heavy atom. The number of rotatable bonds is 5. The molecule has 1 atom stereocenters. The van der Waals surface area contributed by atoms with E-state index in [1.165, 1.54) is 13.3 Å². The van der Waals surface area contributed by atoms with Gasteiger partial charge < -0.3 is 4.74 Å². The Balaban J connectivity index is 1.74. The number of carbonyl (C=O) groups excluding carboxylic acids is 1. The molecule has 1 amide bonds. The van der Waals surface area contributed by atoms with E-state index in [2.05, 4.69) is 15.5 Å². The number of nitrogens with one attached hydrogen (secondary N) is 1. The molecule has 3 aromatic rings. The summed E-state index contributed by atoms with van der Waals surface area (Å²) in [6, 6.07) is 18.7. The summed E-state index contributed by atoms with van der Waals surface area (Å²) in [4.78, 5) is 16.6. The van der Waals surface area contributed by atoms with E-state index in [4.69, 9.17) is 16.3 Å². The molecule has 2 aromatic carbocycles. The molecule has 6 heteroatoms. The highest BCUT2D eigenvalue weighted by Gasteiger charge is 2.19. The average molecular weight is 354 g/mol. The summed E-state index contributed by atoms with van der Waals surface area (Å²) < 4.78 is 5.26. The van der Waals surface area contributed by atoms with Gasteiger partial charge >= 0.3 is 0 Å². The number of amides is 1. The molecule has 5 nitrogen and oxygen atoms in total. The number of hydrogen-bond donors (Lipinski definition) is 1. The van der Waals surface area contributed by atoms with E-state index in [1.54, 1.807) is 0 Å². The van der Waals surface area contributed by atoms with E-state index in [0.29, 0.717) is 10.7 Å². The van der Waals surface area contributed by atoms with Crippen LogP contribution in [0.25, 0.3) is 10.9 Å². The van der Waals surface area contributed by atoms with E-state index in [1.807, 2.05) is 60.7 Å². The maximum absolute atomic E-state index is 12.3. The second-order valence-electron chi connectivity index (χ2n) is 5.32. The van der Waals surface area contributed by atoms with Gasteiger partial charge in [-0.15, -0.1) is 0 Å². The number of benzene rings is 2. The molecular weight excluding hydrogens is 338 g/mol. The van der Waals surface area contributed by atoms with Crippen molar-refractivity contribution in [3.8, 4) is 0 Å². The maximum Gasteiger partial charge on any atom is 0.273 e. The van der Waals surface area contributed by atoms with Gasteiger partial charge in [0.2, 0.25) is 0 Å². The minimum Gasteiger partial charge on any atom is -0.367 e. The number of fused-ring (bicyclic) bond motifs is 1. The summed E-state index contributed by atoms with van der Waals surface area (Å²) in [5.41, 5.74) is 4.65. The Hall–Kier alpha value is -2.76. The molecule has 1 N–H and O–H groups in total. The van der Waals surface area contributed by atoms with Crippen LogP contribution in [0.15, 0.2) is 65.8 Å². The Morgan fingerprint density at radius 3 is 2.68 bits per heavy atom. The standard InChI is InChI=1S/C19H16ClN3O2/c1-25-17(13-7-3-2-4-8-13)19(24)23-21-12-15-11-14-9-5-6-10-16(14)22-18(15)20/h2-12,17H,1H3,(H,23,24)/b21-12-/t17-/m1/s1. The molecule has 3 rings (SSSR count). The van der Waals surface area contributed by atoms with Crippen LogP contribution in [0.2, 0.25) is 5.15 Å². The Bertz CT molecular complexity index is 913. The van der Waals surface area contributed by atoms with Crippen molar-refractivity contribution in [2.45, 2.75) is 6.10 Å². The lowest BCUT2D eigenvalue weighted by Gasteiger charge is -2.13. The smallest absolute Gasteiger partial charge is 0.273 e. The van der Waals surface area contributed by atoms with Crippen LogP contribution in [0.1, 0.15) is 17.2 Å². The molecule has 0 bridgehead atoms. The van der Waals surface area contributed by atoms with Crippen molar-refractivity contribution < 1.29 is 9.53 Å². The number of para-hydroxylation sites is 1. The van der Waals surface area contributed by atoms with E-state index in [-0.39, 0.29) is 5.91 Å². The fraction of sp³-hybridized carbons (Fsp3) is 0.105. The predicted molar refractivity (Wildman–Crippen MR) is 98.7 cm³/mol. The van der Waals surface area contributed by atoms with E-state index in [0.717, 1.165) is 16.5 Å². The van der Waals surface area contributed by atoms with E-state index in [9.17, 15) is 4.79 Å². The van der Waals surface area contributed by atoms with Crippen LogP contribution in [-0.2, 0) is 9.53 Å². The zero-order valence-corrected chi connectivity index (χ0v) is 14.3. The fourth-order valence-electron chi connectivity index (χ4n) is 2.45. The number of aromatic nitrogens is 1. The Morgan fingerprint density at radius 1 is 1.20 bits per heavy atom. The molecular formula is C19H16ClN3O2. The summed E-state index contributed by atoms with van der Waals surface area (Å²) in [5.74, 6) is -0.366. The highest BCUT2D eigenvalue weighted by molar-refractivity contribution is 6.32. The molecule has 0 unspecified atom stereocenters. The number of nitrogens with zero attached hydrogens (tertiary/aromatic N) is 2. The zero-order chi connectivity index (χ0) is 17.6.